The molecule has 0 radical (unpaired) electrons. The van der Waals surface area contributed by atoms with Crippen molar-refractivity contribution in [3.05, 3.63) is 50.1 Å². The first-order valence-corrected chi connectivity index (χ1v) is 11.7. The molecule has 1 fully saturated rings. The summed E-state index contributed by atoms with van der Waals surface area (Å²) in [7, 11) is 1.57. The summed E-state index contributed by atoms with van der Waals surface area (Å²) < 4.78 is 5.83. The Hall–Kier alpha value is -3.46. The number of thiophene rings is 1. The summed E-state index contributed by atoms with van der Waals surface area (Å²) in [6.07, 6.45) is 5.94. The number of pyridine rings is 1. The Kier molecular flexibility index (Phi) is 5.28. The van der Waals surface area contributed by atoms with Crippen molar-refractivity contribution >= 4 is 39.8 Å². The van der Waals surface area contributed by atoms with Crippen molar-refractivity contribution < 1.29 is 19.4 Å². The molecular formula is C24H23N3O5S. The molecule has 170 valence electrons. The van der Waals surface area contributed by atoms with Gasteiger partial charge in [0.15, 0.2) is 5.75 Å². The third-order valence-corrected chi connectivity index (χ3v) is 7.36. The highest BCUT2D eigenvalue weighted by Gasteiger charge is 2.32. The molecule has 1 saturated carbocycles. The van der Waals surface area contributed by atoms with Crippen molar-refractivity contribution in [2.24, 2.45) is 5.10 Å². The third kappa shape index (κ3) is 3.72. The van der Waals surface area contributed by atoms with Gasteiger partial charge in [-0.2, -0.15) is 5.10 Å². The van der Waals surface area contributed by atoms with Crippen LogP contribution < -0.4 is 15.6 Å². The van der Waals surface area contributed by atoms with Crippen LogP contribution in [0.2, 0.25) is 0 Å². The van der Waals surface area contributed by atoms with Gasteiger partial charge in [-0.1, -0.05) is 0 Å². The smallest absolute Gasteiger partial charge is 0.341 e. The number of carboxylic acids is 1. The highest BCUT2D eigenvalue weighted by atomic mass is 32.1. The number of aromatic carboxylic acids is 1. The van der Waals surface area contributed by atoms with Gasteiger partial charge in [-0.15, -0.1) is 11.3 Å². The van der Waals surface area contributed by atoms with Crippen molar-refractivity contribution in [2.45, 2.75) is 44.9 Å². The number of hydrazone groups is 1. The summed E-state index contributed by atoms with van der Waals surface area (Å²) in [5, 5.41) is 14.0. The highest BCUT2D eigenvalue weighted by molar-refractivity contribution is 7.16. The zero-order chi connectivity index (χ0) is 23.3. The van der Waals surface area contributed by atoms with Crippen LogP contribution in [-0.2, 0) is 11.2 Å². The van der Waals surface area contributed by atoms with Crippen molar-refractivity contribution in [2.75, 3.05) is 7.11 Å². The number of methoxy groups -OCH3 is 1. The second-order valence-electron chi connectivity index (χ2n) is 8.44. The van der Waals surface area contributed by atoms with E-state index in [0.29, 0.717) is 22.6 Å². The Morgan fingerprint density at radius 1 is 1.27 bits per heavy atom. The maximum atomic E-state index is 12.9. The molecule has 0 atom stereocenters. The SMILES string of the molecule is COc1c(-c2cc3c(s2)CCC/C3=N\NC(C)=O)c(C2CC2)cc2c(=O)c(C(=O)O)c[nH]c12. The molecule has 1 amide bonds. The number of benzene rings is 1. The second-order valence-corrected chi connectivity index (χ2v) is 9.57. The maximum Gasteiger partial charge on any atom is 0.341 e. The summed E-state index contributed by atoms with van der Waals surface area (Å²) >= 11 is 1.68. The van der Waals surface area contributed by atoms with Gasteiger partial charge in [-0.05, 0) is 55.7 Å². The molecule has 0 unspecified atom stereocenters. The lowest BCUT2D eigenvalue weighted by Gasteiger charge is -2.16. The molecule has 2 aliphatic carbocycles. The minimum atomic E-state index is -1.26. The van der Waals surface area contributed by atoms with Crippen LogP contribution in [0.15, 0.2) is 28.2 Å². The predicted molar refractivity (Wildman–Crippen MR) is 127 cm³/mol. The van der Waals surface area contributed by atoms with Crippen LogP contribution in [0.4, 0.5) is 0 Å². The molecular weight excluding hydrogens is 442 g/mol. The number of amides is 1. The van der Waals surface area contributed by atoms with Crippen LogP contribution >= 0.6 is 11.3 Å². The zero-order valence-corrected chi connectivity index (χ0v) is 19.1. The second kappa shape index (κ2) is 8.15. The van der Waals surface area contributed by atoms with E-state index < -0.39 is 11.4 Å². The number of nitrogens with zero attached hydrogens (tertiary/aromatic N) is 1. The largest absolute Gasteiger partial charge is 0.494 e. The van der Waals surface area contributed by atoms with Gasteiger partial charge < -0.3 is 14.8 Å². The summed E-state index contributed by atoms with van der Waals surface area (Å²) in [4.78, 5) is 41.0. The Morgan fingerprint density at radius 2 is 2.06 bits per heavy atom. The molecule has 1 aromatic carbocycles. The van der Waals surface area contributed by atoms with Crippen LogP contribution in [0.5, 0.6) is 5.75 Å². The van der Waals surface area contributed by atoms with E-state index in [-0.39, 0.29) is 11.5 Å². The van der Waals surface area contributed by atoms with Gasteiger partial charge in [-0.3, -0.25) is 9.59 Å². The zero-order valence-electron chi connectivity index (χ0n) is 18.3. The number of H-pyrrole nitrogens is 1. The number of rotatable bonds is 5. The summed E-state index contributed by atoms with van der Waals surface area (Å²) in [6.45, 7) is 1.44. The average Bonchev–Trinajstić information content (AvgIpc) is 3.54. The number of aryl methyl sites for hydroxylation is 1. The van der Waals surface area contributed by atoms with Crippen molar-refractivity contribution in [3.8, 4) is 16.2 Å². The first-order valence-electron chi connectivity index (χ1n) is 10.8. The van der Waals surface area contributed by atoms with E-state index in [1.807, 2.05) is 6.07 Å². The van der Waals surface area contributed by atoms with Gasteiger partial charge in [0.1, 0.15) is 5.56 Å². The summed E-state index contributed by atoms with van der Waals surface area (Å²) in [5.74, 6) is -0.617. The van der Waals surface area contributed by atoms with Crippen LogP contribution in [0, 0.1) is 0 Å². The summed E-state index contributed by atoms with van der Waals surface area (Å²) in [6, 6.07) is 3.93. The summed E-state index contributed by atoms with van der Waals surface area (Å²) in [5.41, 5.74) is 6.08. The van der Waals surface area contributed by atoms with E-state index in [9.17, 15) is 19.5 Å². The number of carbonyl (C=O) groups excluding carboxylic acids is 1. The number of fused-ring (bicyclic) bond motifs is 2. The van der Waals surface area contributed by atoms with Crippen molar-refractivity contribution in [1.29, 1.82) is 0 Å². The molecule has 0 bridgehead atoms. The Labute approximate surface area is 193 Å². The molecule has 5 rings (SSSR count). The minimum absolute atomic E-state index is 0.207. The lowest BCUT2D eigenvalue weighted by atomic mass is 9.94. The molecule has 8 nitrogen and oxygen atoms in total. The van der Waals surface area contributed by atoms with E-state index in [2.05, 4.69) is 21.6 Å². The third-order valence-electron chi connectivity index (χ3n) is 6.15. The first-order chi connectivity index (χ1) is 15.9. The predicted octanol–water partition coefficient (Wildman–Crippen LogP) is 4.02. The maximum absolute atomic E-state index is 12.9. The van der Waals surface area contributed by atoms with Crippen LogP contribution in [0.1, 0.15) is 64.9 Å². The number of carboxylic acid groups (broad SMARTS) is 1. The molecule has 0 saturated heterocycles. The molecule has 2 aromatic heterocycles. The van der Waals surface area contributed by atoms with E-state index in [0.717, 1.165) is 59.4 Å². The van der Waals surface area contributed by atoms with Crippen molar-refractivity contribution in [1.82, 2.24) is 10.4 Å². The standard InChI is InChI=1S/C24H23N3O5S/c1-11(28)26-27-17-4-3-5-18-14(17)9-19(33-18)20-13(12-6-7-12)8-15-21(23(20)32-2)25-10-16(22(15)29)24(30)31/h8-10,12H,3-7H2,1-2H3,(H,25,29)(H,26,28)(H,30,31)/b27-17+. The Balaban J connectivity index is 1.74. The number of ether oxygens (including phenoxy) is 1. The van der Waals surface area contributed by atoms with Crippen molar-refractivity contribution in [3.63, 3.8) is 0 Å². The number of carbonyl (C=O) groups is 2. The van der Waals surface area contributed by atoms with Gasteiger partial charge in [0, 0.05) is 34.0 Å². The monoisotopic (exact) mass is 465 g/mol. The van der Waals surface area contributed by atoms with Gasteiger partial charge in [-0.25, -0.2) is 10.2 Å². The fraction of sp³-hybridized carbons (Fsp3) is 0.333. The lowest BCUT2D eigenvalue weighted by molar-refractivity contribution is -0.118. The molecule has 0 aliphatic heterocycles. The van der Waals surface area contributed by atoms with Crippen LogP contribution in [-0.4, -0.2) is 34.8 Å². The van der Waals surface area contributed by atoms with Crippen LogP contribution in [0.3, 0.4) is 0 Å². The molecule has 2 aliphatic rings. The fourth-order valence-corrected chi connectivity index (χ4v) is 5.77. The molecule has 0 spiro atoms. The lowest BCUT2D eigenvalue weighted by Crippen LogP contribution is -2.18. The van der Waals surface area contributed by atoms with E-state index >= 15 is 0 Å². The first kappa shape index (κ1) is 21.4. The Bertz CT molecular complexity index is 1400. The van der Waals surface area contributed by atoms with Gasteiger partial charge in [0.25, 0.3) is 0 Å². The molecule has 3 N–H and O–H groups in total. The number of nitrogens with one attached hydrogen (secondary N) is 2. The fourth-order valence-electron chi connectivity index (χ4n) is 4.48. The van der Waals surface area contributed by atoms with E-state index in [1.165, 1.54) is 18.0 Å². The quantitative estimate of drug-likeness (QED) is 0.492. The van der Waals surface area contributed by atoms with E-state index in [1.54, 1.807) is 18.4 Å². The number of aromatic nitrogens is 1. The van der Waals surface area contributed by atoms with Crippen LogP contribution in [0.25, 0.3) is 21.3 Å². The molecule has 3 aromatic rings. The number of hydrogen-bond acceptors (Lipinski definition) is 6. The molecule has 33 heavy (non-hydrogen) atoms. The molecule has 2 heterocycles. The van der Waals surface area contributed by atoms with Gasteiger partial charge in [0.05, 0.1) is 23.7 Å². The highest BCUT2D eigenvalue weighted by Crippen LogP contribution is 2.51. The van der Waals surface area contributed by atoms with Gasteiger partial charge >= 0.3 is 5.97 Å². The Morgan fingerprint density at radius 3 is 2.73 bits per heavy atom. The average molecular weight is 466 g/mol. The minimum Gasteiger partial charge on any atom is -0.494 e. The topological polar surface area (TPSA) is 121 Å². The van der Waals surface area contributed by atoms with E-state index in [4.69, 9.17) is 4.74 Å². The number of aromatic amines is 1. The van der Waals surface area contributed by atoms with Gasteiger partial charge in [0.2, 0.25) is 11.3 Å². The number of hydrogen-bond donors (Lipinski definition) is 3. The normalized spacial score (nSPS) is 16.6. The molecule has 9 heteroatoms.